The molecule has 0 bridgehead atoms. The summed E-state index contributed by atoms with van der Waals surface area (Å²) in [6.45, 7) is 6.51. The quantitative estimate of drug-likeness (QED) is 0.251. The third-order valence-corrected chi connectivity index (χ3v) is 5.01. The molecule has 120 valence electrons. The van der Waals surface area contributed by atoms with Gasteiger partial charge in [0.15, 0.2) is 10.9 Å². The molecule has 1 heterocycles. The molecule has 1 unspecified atom stereocenters. The molecule has 0 aliphatic rings. The number of carbonyl (C=O) groups is 1. The molecule has 3 heteroatoms. The highest BCUT2D eigenvalue weighted by Crippen LogP contribution is 2.33. The van der Waals surface area contributed by atoms with Gasteiger partial charge in [0.1, 0.15) is 0 Å². The van der Waals surface area contributed by atoms with Gasteiger partial charge in [-0.2, -0.15) is 0 Å². The maximum atomic E-state index is 12.1. The number of hydrogen-bond donors (Lipinski definition) is 0. The van der Waals surface area contributed by atoms with Crippen LogP contribution in [0.1, 0.15) is 88.9 Å². The molecule has 0 fully saturated rings. The Hall–Kier alpha value is -0.700. The summed E-state index contributed by atoms with van der Waals surface area (Å²) in [4.78, 5) is 12.1. The summed E-state index contributed by atoms with van der Waals surface area (Å²) in [5.41, 5.74) is 0.788. The van der Waals surface area contributed by atoms with E-state index >= 15 is 0 Å². The molecule has 1 aromatic heterocycles. The average Bonchev–Trinajstić information content (AvgIpc) is 2.92. The van der Waals surface area contributed by atoms with Gasteiger partial charge in [0.05, 0.1) is 11.8 Å². The van der Waals surface area contributed by atoms with Crippen LogP contribution in [0.2, 0.25) is 0 Å². The van der Waals surface area contributed by atoms with Gasteiger partial charge in [-0.15, -0.1) is 0 Å². The van der Waals surface area contributed by atoms with E-state index in [0.29, 0.717) is 11.7 Å². The van der Waals surface area contributed by atoms with Crippen LogP contribution < -0.4 is 0 Å². The monoisotopic (exact) mass is 310 g/mol. The summed E-state index contributed by atoms with van der Waals surface area (Å²) in [5.74, 6) is 0.218. The molecule has 21 heavy (non-hydrogen) atoms. The molecule has 0 aliphatic carbocycles. The Labute approximate surface area is 134 Å². The summed E-state index contributed by atoms with van der Waals surface area (Å²) < 4.78 is 5.58. The summed E-state index contributed by atoms with van der Waals surface area (Å²) >= 11 is 1.77. The highest BCUT2D eigenvalue weighted by molar-refractivity contribution is 7.99. The highest BCUT2D eigenvalue weighted by atomic mass is 32.2. The van der Waals surface area contributed by atoms with Crippen LogP contribution in [0, 0.1) is 0 Å². The topological polar surface area (TPSA) is 30.2 Å². The predicted octanol–water partition coefficient (Wildman–Crippen LogP) is 6.49. The van der Waals surface area contributed by atoms with E-state index in [-0.39, 0.29) is 5.78 Å². The van der Waals surface area contributed by atoms with Crippen molar-refractivity contribution in [1.29, 1.82) is 0 Å². The minimum atomic E-state index is 0.218. The number of carbonyl (C=O) groups excluding carboxylic acids is 1. The largest absolute Gasteiger partial charge is 0.457 e. The predicted molar refractivity (Wildman–Crippen MR) is 91.3 cm³/mol. The van der Waals surface area contributed by atoms with Crippen molar-refractivity contribution in [2.75, 3.05) is 0 Å². The van der Waals surface area contributed by atoms with E-state index in [1.54, 1.807) is 18.0 Å². The average molecular weight is 311 g/mol. The zero-order valence-corrected chi connectivity index (χ0v) is 14.6. The Morgan fingerprint density at radius 1 is 1.10 bits per heavy atom. The third-order valence-electron chi connectivity index (χ3n) is 3.67. The van der Waals surface area contributed by atoms with Crippen molar-refractivity contribution in [1.82, 2.24) is 0 Å². The van der Waals surface area contributed by atoms with E-state index in [4.69, 9.17) is 4.42 Å². The summed E-state index contributed by atoms with van der Waals surface area (Å²) in [7, 11) is 0. The van der Waals surface area contributed by atoms with Gasteiger partial charge in [0, 0.05) is 11.7 Å². The minimum absolute atomic E-state index is 0.218. The molecular weight excluding hydrogens is 280 g/mol. The van der Waals surface area contributed by atoms with Gasteiger partial charge >= 0.3 is 0 Å². The van der Waals surface area contributed by atoms with Gasteiger partial charge in [-0.1, -0.05) is 64.6 Å². The van der Waals surface area contributed by atoms with Gasteiger partial charge in [-0.05, 0) is 25.3 Å². The zero-order chi connectivity index (χ0) is 15.5. The van der Waals surface area contributed by atoms with E-state index in [0.717, 1.165) is 17.1 Å². The molecule has 1 aromatic rings. The van der Waals surface area contributed by atoms with Crippen molar-refractivity contribution in [2.45, 2.75) is 88.9 Å². The minimum Gasteiger partial charge on any atom is -0.457 e. The van der Waals surface area contributed by atoms with E-state index in [1.165, 1.54) is 44.9 Å². The second-order valence-corrected chi connectivity index (χ2v) is 6.95. The highest BCUT2D eigenvalue weighted by Gasteiger charge is 2.18. The molecule has 1 rings (SSSR count). The number of rotatable bonds is 12. The van der Waals surface area contributed by atoms with Gasteiger partial charge in [0.2, 0.25) is 0 Å². The second-order valence-electron chi connectivity index (χ2n) is 5.67. The molecule has 0 amide bonds. The fourth-order valence-corrected chi connectivity index (χ4v) is 3.85. The number of hydrogen-bond acceptors (Lipinski definition) is 3. The molecule has 0 saturated heterocycles. The van der Waals surface area contributed by atoms with Gasteiger partial charge in [0.25, 0.3) is 0 Å². The van der Waals surface area contributed by atoms with E-state index < -0.39 is 0 Å². The van der Waals surface area contributed by atoms with Gasteiger partial charge < -0.3 is 4.42 Å². The molecule has 1 atom stereocenters. The first-order valence-corrected chi connectivity index (χ1v) is 9.38. The van der Waals surface area contributed by atoms with Crippen molar-refractivity contribution in [3.05, 3.63) is 17.9 Å². The van der Waals surface area contributed by atoms with Crippen LogP contribution >= 0.6 is 11.8 Å². The maximum Gasteiger partial charge on any atom is 0.171 e. The molecule has 0 saturated carbocycles. The number of ketones is 1. The Morgan fingerprint density at radius 2 is 1.90 bits per heavy atom. The number of furan rings is 1. The number of thioether (sulfide) groups is 1. The zero-order valence-electron chi connectivity index (χ0n) is 13.8. The Morgan fingerprint density at radius 3 is 2.57 bits per heavy atom. The molecular formula is C18H30O2S. The SMILES string of the molecule is CCCCCCC(CCC)Sc1occc1C(=O)CCC. The molecule has 0 aliphatic heterocycles. The van der Waals surface area contributed by atoms with E-state index in [1.807, 2.05) is 13.0 Å². The van der Waals surface area contributed by atoms with Crippen LogP contribution in [0.4, 0.5) is 0 Å². The lowest BCUT2D eigenvalue weighted by Crippen LogP contribution is -2.04. The number of unbranched alkanes of at least 4 members (excludes halogenated alkanes) is 3. The fourth-order valence-electron chi connectivity index (χ4n) is 2.49. The molecule has 0 N–H and O–H groups in total. The molecule has 0 radical (unpaired) electrons. The van der Waals surface area contributed by atoms with Crippen molar-refractivity contribution in [3.8, 4) is 0 Å². The Bertz CT molecular complexity index is 398. The molecule has 0 spiro atoms. The molecule has 0 aromatic carbocycles. The van der Waals surface area contributed by atoms with Crippen molar-refractivity contribution in [3.63, 3.8) is 0 Å². The first-order valence-electron chi connectivity index (χ1n) is 8.50. The summed E-state index contributed by atoms with van der Waals surface area (Å²) in [6, 6.07) is 1.83. The lowest BCUT2D eigenvalue weighted by atomic mass is 10.1. The summed E-state index contributed by atoms with van der Waals surface area (Å²) in [6.07, 6.45) is 12.0. The fraction of sp³-hybridized carbons (Fsp3) is 0.722. The number of Topliss-reactive ketones (excluding diaryl/α,β-unsaturated/α-hetero) is 1. The smallest absolute Gasteiger partial charge is 0.171 e. The van der Waals surface area contributed by atoms with Crippen molar-refractivity contribution >= 4 is 17.5 Å². The van der Waals surface area contributed by atoms with Crippen LogP contribution in [0.5, 0.6) is 0 Å². The lowest BCUT2D eigenvalue weighted by molar-refractivity contribution is 0.0976. The van der Waals surface area contributed by atoms with Crippen LogP contribution in [-0.2, 0) is 0 Å². The van der Waals surface area contributed by atoms with E-state index in [2.05, 4.69) is 13.8 Å². The first-order chi connectivity index (χ1) is 10.2. The van der Waals surface area contributed by atoms with Crippen LogP contribution in [0.25, 0.3) is 0 Å². The first kappa shape index (κ1) is 18.3. The second kappa shape index (κ2) is 10.9. The Balaban J connectivity index is 2.58. The van der Waals surface area contributed by atoms with Crippen molar-refractivity contribution in [2.24, 2.45) is 0 Å². The summed E-state index contributed by atoms with van der Waals surface area (Å²) in [5, 5.41) is 1.41. The third kappa shape index (κ3) is 6.73. The lowest BCUT2D eigenvalue weighted by Gasteiger charge is -2.14. The van der Waals surface area contributed by atoms with Gasteiger partial charge in [-0.3, -0.25) is 4.79 Å². The van der Waals surface area contributed by atoms with E-state index in [9.17, 15) is 4.79 Å². The standard InChI is InChI=1S/C18H30O2S/c1-4-7-8-9-12-15(10-5-2)21-18-16(13-14-20-18)17(19)11-6-3/h13-15H,4-12H2,1-3H3. The van der Waals surface area contributed by atoms with Crippen LogP contribution in [-0.4, -0.2) is 11.0 Å². The van der Waals surface area contributed by atoms with Gasteiger partial charge in [-0.25, -0.2) is 0 Å². The Kier molecular flexibility index (Phi) is 9.56. The molecule has 2 nitrogen and oxygen atoms in total. The van der Waals surface area contributed by atoms with Crippen LogP contribution in [0.3, 0.4) is 0 Å². The van der Waals surface area contributed by atoms with Crippen molar-refractivity contribution < 1.29 is 9.21 Å². The van der Waals surface area contributed by atoms with Crippen LogP contribution in [0.15, 0.2) is 21.8 Å². The normalized spacial score (nSPS) is 12.5. The maximum absolute atomic E-state index is 12.1.